The Labute approximate surface area is 123 Å². The largest absolute Gasteiger partial charge is 0.334 e. The van der Waals surface area contributed by atoms with Crippen molar-refractivity contribution >= 4 is 17.5 Å². The van der Waals surface area contributed by atoms with Crippen LogP contribution in [0.2, 0.25) is 5.02 Å². The van der Waals surface area contributed by atoms with Crippen LogP contribution in [0.5, 0.6) is 0 Å². The van der Waals surface area contributed by atoms with Crippen LogP contribution in [0.3, 0.4) is 0 Å². The van der Waals surface area contributed by atoms with E-state index >= 15 is 0 Å². The number of halogens is 2. The number of amides is 1. The first kappa shape index (κ1) is 13.8. The van der Waals surface area contributed by atoms with Crippen molar-refractivity contribution in [1.29, 1.82) is 0 Å². The van der Waals surface area contributed by atoms with Gasteiger partial charge in [0.05, 0.1) is 5.56 Å². The summed E-state index contributed by atoms with van der Waals surface area (Å²) >= 11 is 5.74. The highest BCUT2D eigenvalue weighted by molar-refractivity contribution is 6.30. The fraction of sp³-hybridized carbons (Fsp3) is 0.533. The molecule has 0 bridgehead atoms. The molecule has 3 rings (SSSR count). The zero-order valence-electron chi connectivity index (χ0n) is 11.2. The van der Waals surface area contributed by atoms with E-state index in [0.717, 1.165) is 32.2 Å². The lowest BCUT2D eigenvalue weighted by Crippen LogP contribution is -2.46. The minimum absolute atomic E-state index is 0.124. The standard InChI is InChI=1S/C15H18ClFN2O/c16-10-5-6-11(12(17)9-10)15(20)19-8-2-4-14(19)13-3-1-7-18-13/h5-6,9,13-14,18H,1-4,7-8H2. The van der Waals surface area contributed by atoms with Gasteiger partial charge in [-0.25, -0.2) is 4.39 Å². The van der Waals surface area contributed by atoms with Crippen LogP contribution in [0.4, 0.5) is 4.39 Å². The smallest absolute Gasteiger partial charge is 0.257 e. The van der Waals surface area contributed by atoms with E-state index in [9.17, 15) is 9.18 Å². The Kier molecular flexibility index (Phi) is 3.94. The number of hydrogen-bond donors (Lipinski definition) is 1. The Morgan fingerprint density at radius 2 is 2.20 bits per heavy atom. The predicted octanol–water partition coefficient (Wildman–Crippen LogP) is 2.84. The predicted molar refractivity (Wildman–Crippen MR) is 76.5 cm³/mol. The van der Waals surface area contributed by atoms with Gasteiger partial charge in [-0.2, -0.15) is 0 Å². The Morgan fingerprint density at radius 1 is 1.35 bits per heavy atom. The quantitative estimate of drug-likeness (QED) is 0.910. The SMILES string of the molecule is O=C(c1ccc(Cl)cc1F)N1CCCC1C1CCCN1. The summed E-state index contributed by atoms with van der Waals surface area (Å²) < 4.78 is 13.9. The second-order valence-corrected chi connectivity index (χ2v) is 5.97. The minimum Gasteiger partial charge on any atom is -0.334 e. The highest BCUT2D eigenvalue weighted by Crippen LogP contribution is 2.27. The molecule has 1 aromatic rings. The first-order chi connectivity index (χ1) is 9.66. The third kappa shape index (κ3) is 2.54. The van der Waals surface area contributed by atoms with Crippen molar-refractivity contribution in [2.45, 2.75) is 37.8 Å². The Bertz CT molecular complexity index is 517. The van der Waals surface area contributed by atoms with Gasteiger partial charge in [0.1, 0.15) is 5.82 Å². The van der Waals surface area contributed by atoms with E-state index in [4.69, 9.17) is 11.6 Å². The van der Waals surface area contributed by atoms with E-state index in [0.29, 0.717) is 17.6 Å². The molecule has 0 radical (unpaired) electrons. The van der Waals surface area contributed by atoms with Crippen molar-refractivity contribution in [2.24, 2.45) is 0 Å². The molecule has 1 N–H and O–H groups in total. The number of nitrogens with one attached hydrogen (secondary N) is 1. The zero-order valence-corrected chi connectivity index (χ0v) is 12.0. The lowest BCUT2D eigenvalue weighted by Gasteiger charge is -2.29. The van der Waals surface area contributed by atoms with Gasteiger partial charge in [0.25, 0.3) is 5.91 Å². The molecule has 0 aliphatic carbocycles. The van der Waals surface area contributed by atoms with Crippen LogP contribution in [0.1, 0.15) is 36.0 Å². The number of hydrogen-bond acceptors (Lipinski definition) is 2. The van der Waals surface area contributed by atoms with E-state index in [1.165, 1.54) is 12.1 Å². The fourth-order valence-corrected chi connectivity index (χ4v) is 3.48. The van der Waals surface area contributed by atoms with Crippen LogP contribution in [0.25, 0.3) is 0 Å². The van der Waals surface area contributed by atoms with Crippen molar-refractivity contribution in [3.63, 3.8) is 0 Å². The maximum absolute atomic E-state index is 13.9. The van der Waals surface area contributed by atoms with Crippen molar-refractivity contribution in [3.05, 3.63) is 34.6 Å². The summed E-state index contributed by atoms with van der Waals surface area (Å²) in [5.74, 6) is -0.747. The zero-order chi connectivity index (χ0) is 14.1. The van der Waals surface area contributed by atoms with E-state index in [1.54, 1.807) is 6.07 Å². The highest BCUT2D eigenvalue weighted by Gasteiger charge is 2.36. The topological polar surface area (TPSA) is 32.3 Å². The van der Waals surface area contributed by atoms with Gasteiger partial charge in [0, 0.05) is 23.7 Å². The average molecular weight is 297 g/mol. The molecule has 0 aromatic heterocycles. The van der Waals surface area contributed by atoms with Crippen LogP contribution in [-0.4, -0.2) is 36.0 Å². The molecule has 2 aliphatic heterocycles. The van der Waals surface area contributed by atoms with Crippen LogP contribution in [0, 0.1) is 5.82 Å². The van der Waals surface area contributed by atoms with E-state index in [1.807, 2.05) is 4.90 Å². The average Bonchev–Trinajstić information content (AvgIpc) is 3.09. The molecular weight excluding hydrogens is 279 g/mol. The molecule has 20 heavy (non-hydrogen) atoms. The maximum Gasteiger partial charge on any atom is 0.257 e. The first-order valence-electron chi connectivity index (χ1n) is 7.16. The van der Waals surface area contributed by atoms with Crippen molar-refractivity contribution < 1.29 is 9.18 Å². The molecule has 2 saturated heterocycles. The molecule has 0 spiro atoms. The van der Waals surface area contributed by atoms with Gasteiger partial charge < -0.3 is 10.2 Å². The van der Waals surface area contributed by atoms with Gasteiger partial charge in [-0.3, -0.25) is 4.79 Å². The summed E-state index contributed by atoms with van der Waals surface area (Å²) in [7, 11) is 0. The minimum atomic E-state index is -0.535. The monoisotopic (exact) mass is 296 g/mol. The number of benzene rings is 1. The van der Waals surface area contributed by atoms with E-state index in [-0.39, 0.29) is 17.5 Å². The Balaban J connectivity index is 1.81. The van der Waals surface area contributed by atoms with Gasteiger partial charge in [0.15, 0.2) is 0 Å². The lowest BCUT2D eigenvalue weighted by atomic mass is 10.0. The molecule has 2 fully saturated rings. The van der Waals surface area contributed by atoms with E-state index < -0.39 is 5.82 Å². The second-order valence-electron chi connectivity index (χ2n) is 5.54. The molecule has 1 amide bonds. The Morgan fingerprint density at radius 3 is 2.90 bits per heavy atom. The van der Waals surface area contributed by atoms with Gasteiger partial charge >= 0.3 is 0 Å². The molecule has 0 saturated carbocycles. The number of likely N-dealkylation sites (tertiary alicyclic amines) is 1. The number of nitrogens with zero attached hydrogens (tertiary/aromatic N) is 1. The molecule has 3 nitrogen and oxygen atoms in total. The third-order valence-electron chi connectivity index (χ3n) is 4.28. The van der Waals surface area contributed by atoms with E-state index in [2.05, 4.69) is 5.32 Å². The number of carbonyl (C=O) groups excluding carboxylic acids is 1. The second kappa shape index (κ2) is 5.70. The molecule has 2 aliphatic rings. The van der Waals surface area contributed by atoms with Crippen molar-refractivity contribution in [3.8, 4) is 0 Å². The normalized spacial score (nSPS) is 26.2. The summed E-state index contributed by atoms with van der Waals surface area (Å²) in [6, 6.07) is 4.80. The van der Waals surface area contributed by atoms with Crippen LogP contribution >= 0.6 is 11.6 Å². The summed E-state index contributed by atoms with van der Waals surface area (Å²) in [6.45, 7) is 1.72. The van der Waals surface area contributed by atoms with Crippen molar-refractivity contribution in [1.82, 2.24) is 10.2 Å². The van der Waals surface area contributed by atoms with Gasteiger partial charge in [0.2, 0.25) is 0 Å². The summed E-state index contributed by atoms with van der Waals surface area (Å²) in [6.07, 6.45) is 4.23. The van der Waals surface area contributed by atoms with Crippen molar-refractivity contribution in [2.75, 3.05) is 13.1 Å². The molecule has 5 heteroatoms. The Hall–Kier alpha value is -1.13. The fourth-order valence-electron chi connectivity index (χ4n) is 3.32. The summed E-state index contributed by atoms with van der Waals surface area (Å²) in [4.78, 5) is 14.4. The summed E-state index contributed by atoms with van der Waals surface area (Å²) in [5.41, 5.74) is 0.124. The molecule has 2 unspecified atom stereocenters. The maximum atomic E-state index is 13.9. The van der Waals surface area contributed by atoms with Gasteiger partial charge in [-0.1, -0.05) is 11.6 Å². The molecular formula is C15H18ClFN2O. The van der Waals surface area contributed by atoms with Gasteiger partial charge in [-0.05, 0) is 50.4 Å². The van der Waals surface area contributed by atoms with Crippen LogP contribution < -0.4 is 5.32 Å². The lowest BCUT2D eigenvalue weighted by molar-refractivity contribution is 0.0706. The molecule has 2 heterocycles. The first-order valence-corrected chi connectivity index (χ1v) is 7.54. The third-order valence-corrected chi connectivity index (χ3v) is 4.52. The van der Waals surface area contributed by atoms with Crippen LogP contribution in [-0.2, 0) is 0 Å². The molecule has 1 aromatic carbocycles. The highest BCUT2D eigenvalue weighted by atomic mass is 35.5. The molecule has 108 valence electrons. The van der Waals surface area contributed by atoms with Crippen LogP contribution in [0.15, 0.2) is 18.2 Å². The number of rotatable bonds is 2. The summed E-state index contributed by atoms with van der Waals surface area (Å²) in [5, 5.41) is 3.76. The number of carbonyl (C=O) groups is 1. The molecule has 2 atom stereocenters. The van der Waals surface area contributed by atoms with Gasteiger partial charge in [-0.15, -0.1) is 0 Å².